The monoisotopic (exact) mass is 888 g/mol. The number of aliphatic hydroxyl groups excluding tert-OH is 3. The standard InChI is InChI=1S/3C17H27NO2.Fe/c3*1-17(2,3)13-7-10-15(19)11-12-16(18-20)14-8-5-4-6-9-14;/h3*4-6,8-9,15,19-20H,7,10-13H2,1-3H3;/b3*18-16-;. The van der Waals surface area contributed by atoms with Crippen LogP contribution in [0.15, 0.2) is 106 Å². The Bertz CT molecular complexity index is 1420. The molecule has 0 bridgehead atoms. The summed E-state index contributed by atoms with van der Waals surface area (Å²) in [6.45, 7) is 19.9. The van der Waals surface area contributed by atoms with E-state index in [9.17, 15) is 15.3 Å². The first-order chi connectivity index (χ1) is 28.3. The summed E-state index contributed by atoms with van der Waals surface area (Å²) in [7, 11) is 0. The van der Waals surface area contributed by atoms with Crippen LogP contribution < -0.4 is 0 Å². The summed E-state index contributed by atoms with van der Waals surface area (Å²) in [5.41, 5.74) is 5.62. The summed E-state index contributed by atoms with van der Waals surface area (Å²) in [5.74, 6) is 0. The zero-order valence-electron chi connectivity index (χ0n) is 38.9. The maximum Gasteiger partial charge on any atom is 0.0868 e. The number of oxime groups is 3. The Morgan fingerprint density at radius 1 is 0.393 bits per heavy atom. The van der Waals surface area contributed by atoms with Crippen molar-refractivity contribution in [1.82, 2.24) is 0 Å². The molecule has 3 unspecified atom stereocenters. The van der Waals surface area contributed by atoms with E-state index in [1.54, 1.807) is 0 Å². The predicted molar refractivity (Wildman–Crippen MR) is 250 cm³/mol. The fourth-order valence-corrected chi connectivity index (χ4v) is 6.59. The first-order valence-electron chi connectivity index (χ1n) is 22.1. The molecule has 0 radical (unpaired) electrons. The van der Waals surface area contributed by atoms with E-state index in [2.05, 4.69) is 77.8 Å². The number of nitrogens with zero attached hydrogens (tertiary/aromatic N) is 3. The first kappa shape index (κ1) is 57.5. The molecule has 0 saturated carbocycles. The van der Waals surface area contributed by atoms with Gasteiger partial charge in [-0.15, -0.1) is 0 Å². The summed E-state index contributed by atoms with van der Waals surface area (Å²) in [4.78, 5) is 0. The molecular formula is C51H81FeN3O6. The van der Waals surface area contributed by atoms with Crippen LogP contribution in [0.1, 0.15) is 175 Å². The summed E-state index contributed by atoms with van der Waals surface area (Å²) in [5, 5.41) is 67.3. The molecular weight excluding hydrogens is 806 g/mol. The van der Waals surface area contributed by atoms with Gasteiger partial charge in [-0.1, -0.05) is 188 Å². The van der Waals surface area contributed by atoms with Gasteiger partial charge in [-0.25, -0.2) is 0 Å². The van der Waals surface area contributed by atoms with Gasteiger partial charge in [-0.2, -0.15) is 0 Å². The molecule has 3 atom stereocenters. The Labute approximate surface area is 380 Å². The van der Waals surface area contributed by atoms with Crippen molar-refractivity contribution in [2.24, 2.45) is 31.7 Å². The van der Waals surface area contributed by atoms with Gasteiger partial charge in [0.15, 0.2) is 0 Å². The zero-order chi connectivity index (χ0) is 45.0. The third-order valence-electron chi connectivity index (χ3n) is 10.2. The maximum absolute atomic E-state index is 10.0. The van der Waals surface area contributed by atoms with E-state index in [1.165, 1.54) is 0 Å². The van der Waals surface area contributed by atoms with E-state index in [0.29, 0.717) is 71.9 Å². The van der Waals surface area contributed by atoms with Gasteiger partial charge >= 0.3 is 0 Å². The summed E-state index contributed by atoms with van der Waals surface area (Å²) >= 11 is 0. The molecule has 0 aliphatic carbocycles. The van der Waals surface area contributed by atoms with Crippen LogP contribution in [0.4, 0.5) is 0 Å². The van der Waals surface area contributed by atoms with Crippen LogP contribution in [0.25, 0.3) is 0 Å². The Morgan fingerprint density at radius 2 is 0.607 bits per heavy atom. The number of hydrogen-bond donors (Lipinski definition) is 6. The second-order valence-corrected chi connectivity index (χ2v) is 19.7. The van der Waals surface area contributed by atoms with Crippen LogP contribution >= 0.6 is 0 Å². The van der Waals surface area contributed by atoms with E-state index in [1.807, 2.05) is 91.0 Å². The van der Waals surface area contributed by atoms with Gasteiger partial charge in [-0.05, 0) is 110 Å². The minimum absolute atomic E-state index is 0. The van der Waals surface area contributed by atoms with Crippen molar-refractivity contribution in [1.29, 1.82) is 0 Å². The van der Waals surface area contributed by atoms with Crippen molar-refractivity contribution < 1.29 is 48.0 Å². The normalized spacial score (nSPS) is 14.1. The van der Waals surface area contributed by atoms with Gasteiger partial charge in [0, 0.05) is 17.1 Å². The topological polar surface area (TPSA) is 158 Å². The Kier molecular flexibility index (Phi) is 29.5. The van der Waals surface area contributed by atoms with Crippen molar-refractivity contribution >= 4 is 17.1 Å². The van der Waals surface area contributed by atoms with Crippen molar-refractivity contribution in [2.45, 2.75) is 177 Å². The maximum atomic E-state index is 10.0. The van der Waals surface area contributed by atoms with Gasteiger partial charge < -0.3 is 30.9 Å². The zero-order valence-corrected chi connectivity index (χ0v) is 40.0. The molecule has 3 rings (SSSR count). The molecule has 0 aromatic heterocycles. The molecule has 0 aliphatic rings. The van der Waals surface area contributed by atoms with Gasteiger partial charge in [0.05, 0.1) is 35.4 Å². The number of aliphatic hydroxyl groups is 3. The third kappa shape index (κ3) is 30.2. The SMILES string of the molecule is CC(C)(C)CCCC(O)CC/C(=N/O)c1ccccc1.CC(C)(C)CCCC(O)CC/C(=N/O)c1ccccc1.CC(C)(C)CCCC(O)CC/C(=N/O)c1ccccc1.[Fe]. The van der Waals surface area contributed by atoms with E-state index in [4.69, 9.17) is 15.6 Å². The summed E-state index contributed by atoms with van der Waals surface area (Å²) in [6, 6.07) is 28.8. The average molecular weight is 888 g/mol. The van der Waals surface area contributed by atoms with Crippen LogP contribution in [0.3, 0.4) is 0 Å². The van der Waals surface area contributed by atoms with Crippen molar-refractivity contribution in [3.8, 4) is 0 Å². The molecule has 0 fully saturated rings. The van der Waals surface area contributed by atoms with Crippen molar-refractivity contribution in [3.63, 3.8) is 0 Å². The van der Waals surface area contributed by atoms with Crippen molar-refractivity contribution in [2.75, 3.05) is 0 Å². The second kappa shape index (κ2) is 31.3. The molecule has 3 aromatic carbocycles. The van der Waals surface area contributed by atoms with E-state index < -0.39 is 0 Å². The molecule has 0 aliphatic heterocycles. The molecule has 61 heavy (non-hydrogen) atoms. The summed E-state index contributed by atoms with van der Waals surface area (Å²) in [6.07, 6.45) is 11.6. The van der Waals surface area contributed by atoms with Gasteiger partial charge in [0.2, 0.25) is 0 Å². The predicted octanol–water partition coefficient (Wildman–Crippen LogP) is 12.7. The number of benzene rings is 3. The molecule has 3 aromatic rings. The number of hydrogen-bond acceptors (Lipinski definition) is 9. The molecule has 0 heterocycles. The van der Waals surface area contributed by atoms with Crippen LogP contribution in [0, 0.1) is 16.2 Å². The molecule has 10 heteroatoms. The molecule has 0 saturated heterocycles. The molecule has 344 valence electrons. The fourth-order valence-electron chi connectivity index (χ4n) is 6.59. The van der Waals surface area contributed by atoms with Gasteiger partial charge in [0.25, 0.3) is 0 Å². The van der Waals surface area contributed by atoms with E-state index in [0.717, 1.165) is 74.5 Å². The third-order valence-corrected chi connectivity index (χ3v) is 10.2. The average Bonchev–Trinajstić information content (AvgIpc) is 3.19. The molecule has 6 N–H and O–H groups in total. The molecule has 0 spiro atoms. The quantitative estimate of drug-likeness (QED) is 0.0270. The number of rotatable bonds is 21. The smallest absolute Gasteiger partial charge is 0.0868 e. The largest absolute Gasteiger partial charge is 0.411 e. The molecule has 9 nitrogen and oxygen atoms in total. The Morgan fingerprint density at radius 3 is 0.787 bits per heavy atom. The molecule has 0 amide bonds. The van der Waals surface area contributed by atoms with E-state index >= 15 is 0 Å². The van der Waals surface area contributed by atoms with Crippen molar-refractivity contribution in [3.05, 3.63) is 108 Å². The summed E-state index contributed by atoms with van der Waals surface area (Å²) < 4.78 is 0. The Balaban J connectivity index is 0.000000878. The first-order valence-corrected chi connectivity index (χ1v) is 22.1. The minimum Gasteiger partial charge on any atom is -0.411 e. The van der Waals surface area contributed by atoms with Gasteiger partial charge in [-0.3, -0.25) is 0 Å². The van der Waals surface area contributed by atoms with E-state index in [-0.39, 0.29) is 35.4 Å². The van der Waals surface area contributed by atoms with Crippen LogP contribution in [0.2, 0.25) is 0 Å². The van der Waals surface area contributed by atoms with Crippen LogP contribution in [0.5, 0.6) is 0 Å². The minimum atomic E-state index is -0.321. The fraction of sp³-hybridized carbons (Fsp3) is 0.588. The Hall–Kier alpha value is -3.53. The van der Waals surface area contributed by atoms with Gasteiger partial charge in [0.1, 0.15) is 0 Å². The van der Waals surface area contributed by atoms with Crippen LogP contribution in [-0.2, 0) is 17.1 Å². The second-order valence-electron chi connectivity index (χ2n) is 19.7. The van der Waals surface area contributed by atoms with Crippen LogP contribution in [-0.4, -0.2) is 66.4 Å².